The first-order valence-electron chi connectivity index (χ1n) is 19.2. The number of hydrogen-bond acceptors (Lipinski definition) is 6. The van der Waals surface area contributed by atoms with Gasteiger partial charge in [-0.25, -0.2) is 0 Å². The molecule has 0 aliphatic rings. The van der Waals surface area contributed by atoms with Crippen LogP contribution in [0.3, 0.4) is 0 Å². The zero-order chi connectivity index (χ0) is 33.4. The summed E-state index contributed by atoms with van der Waals surface area (Å²) in [5.74, 6) is 0.706. The number of rotatable bonds is 33. The van der Waals surface area contributed by atoms with Gasteiger partial charge in [0.1, 0.15) is 13.2 Å². The van der Waals surface area contributed by atoms with Crippen molar-refractivity contribution in [2.75, 3.05) is 13.2 Å². The van der Waals surface area contributed by atoms with Gasteiger partial charge >= 0.3 is 17.9 Å². The first-order valence-corrected chi connectivity index (χ1v) is 19.2. The van der Waals surface area contributed by atoms with Gasteiger partial charge in [0.05, 0.1) is 0 Å². The summed E-state index contributed by atoms with van der Waals surface area (Å²) in [7, 11) is 0. The molecule has 0 unspecified atom stereocenters. The van der Waals surface area contributed by atoms with Crippen molar-refractivity contribution in [3.63, 3.8) is 0 Å². The van der Waals surface area contributed by atoms with E-state index in [1.165, 1.54) is 83.5 Å². The van der Waals surface area contributed by atoms with Crippen molar-refractivity contribution < 1.29 is 28.6 Å². The summed E-state index contributed by atoms with van der Waals surface area (Å²) in [4.78, 5) is 37.2. The third kappa shape index (κ3) is 33.6. The van der Waals surface area contributed by atoms with Crippen LogP contribution in [0.1, 0.15) is 202 Å². The van der Waals surface area contributed by atoms with Gasteiger partial charge < -0.3 is 14.2 Å². The Kier molecular flexibility index (Phi) is 31.2. The largest absolute Gasteiger partial charge is 0.462 e. The fourth-order valence-electron chi connectivity index (χ4n) is 5.52. The van der Waals surface area contributed by atoms with Gasteiger partial charge in [-0.05, 0) is 31.1 Å². The molecule has 0 saturated carbocycles. The van der Waals surface area contributed by atoms with E-state index >= 15 is 0 Å². The molecule has 0 aromatic carbocycles. The quantitative estimate of drug-likeness (QED) is 0.0404. The highest BCUT2D eigenvalue weighted by molar-refractivity contribution is 5.71. The molecule has 0 saturated heterocycles. The average Bonchev–Trinajstić information content (AvgIpc) is 2.99. The van der Waals surface area contributed by atoms with E-state index in [9.17, 15) is 14.4 Å². The second-order valence-corrected chi connectivity index (χ2v) is 14.2. The lowest BCUT2D eigenvalue weighted by atomic mass is 10.0. The monoisotopic (exact) mass is 639 g/mol. The Bertz CT molecular complexity index is 689. The van der Waals surface area contributed by atoms with Crippen molar-refractivity contribution in [1.82, 2.24) is 0 Å². The molecule has 1 atom stereocenters. The van der Waals surface area contributed by atoms with Gasteiger partial charge in [-0.3, -0.25) is 14.4 Å². The highest BCUT2D eigenvalue weighted by Crippen LogP contribution is 2.15. The zero-order valence-electron chi connectivity index (χ0n) is 30.5. The number of esters is 3. The van der Waals surface area contributed by atoms with Crippen LogP contribution in [0.15, 0.2) is 0 Å². The van der Waals surface area contributed by atoms with E-state index in [0.29, 0.717) is 19.3 Å². The average molecular weight is 639 g/mol. The first kappa shape index (κ1) is 43.4. The number of ether oxygens (including phenoxy) is 3. The Morgan fingerprint density at radius 1 is 0.422 bits per heavy atom. The molecule has 0 radical (unpaired) electrons. The number of carbonyl (C=O) groups excluding carboxylic acids is 3. The van der Waals surface area contributed by atoms with Gasteiger partial charge in [0, 0.05) is 19.3 Å². The van der Waals surface area contributed by atoms with Crippen molar-refractivity contribution >= 4 is 17.9 Å². The first-order chi connectivity index (χ1) is 21.7. The van der Waals surface area contributed by atoms with Crippen LogP contribution in [0.2, 0.25) is 0 Å². The maximum Gasteiger partial charge on any atom is 0.306 e. The van der Waals surface area contributed by atoms with Gasteiger partial charge in [0.15, 0.2) is 6.10 Å². The molecule has 0 aromatic rings. The molecule has 0 aliphatic carbocycles. The van der Waals surface area contributed by atoms with E-state index in [-0.39, 0.29) is 31.1 Å². The van der Waals surface area contributed by atoms with Crippen LogP contribution in [0, 0.1) is 11.8 Å². The molecule has 0 aromatic heterocycles. The van der Waals surface area contributed by atoms with E-state index in [2.05, 4.69) is 34.6 Å². The molecule has 0 spiro atoms. The summed E-state index contributed by atoms with van der Waals surface area (Å²) in [5.41, 5.74) is 0. The van der Waals surface area contributed by atoms with Gasteiger partial charge in [-0.2, -0.15) is 0 Å². The summed E-state index contributed by atoms with van der Waals surface area (Å²) >= 11 is 0. The van der Waals surface area contributed by atoms with E-state index in [1.54, 1.807) is 0 Å². The molecule has 0 fully saturated rings. The molecule has 0 heterocycles. The summed E-state index contributed by atoms with van der Waals surface area (Å²) in [6.07, 6.45) is 27.0. The topological polar surface area (TPSA) is 78.9 Å². The lowest BCUT2D eigenvalue weighted by molar-refractivity contribution is -0.167. The highest BCUT2D eigenvalue weighted by Gasteiger charge is 2.19. The minimum Gasteiger partial charge on any atom is -0.462 e. The Morgan fingerprint density at radius 3 is 1.09 bits per heavy atom. The number of hydrogen-bond donors (Lipinski definition) is 0. The van der Waals surface area contributed by atoms with Crippen LogP contribution in [0.25, 0.3) is 0 Å². The third-order valence-electron chi connectivity index (χ3n) is 8.47. The van der Waals surface area contributed by atoms with E-state index < -0.39 is 6.10 Å². The Morgan fingerprint density at radius 2 is 0.733 bits per heavy atom. The molecule has 0 N–H and O–H groups in total. The van der Waals surface area contributed by atoms with Crippen molar-refractivity contribution in [2.45, 2.75) is 208 Å². The summed E-state index contributed by atoms with van der Waals surface area (Å²) in [6, 6.07) is 0. The van der Waals surface area contributed by atoms with Crippen LogP contribution >= 0.6 is 0 Å². The Hall–Kier alpha value is -1.59. The minimum atomic E-state index is -0.757. The molecular formula is C39H74O6. The predicted octanol–water partition coefficient (Wildman–Crippen LogP) is 11.5. The predicted molar refractivity (Wildman–Crippen MR) is 187 cm³/mol. The second-order valence-electron chi connectivity index (χ2n) is 14.2. The van der Waals surface area contributed by atoms with Crippen molar-refractivity contribution in [2.24, 2.45) is 11.8 Å². The maximum atomic E-state index is 12.6. The van der Waals surface area contributed by atoms with Gasteiger partial charge in [0.2, 0.25) is 0 Å². The maximum absolute atomic E-state index is 12.6. The van der Waals surface area contributed by atoms with Crippen molar-refractivity contribution in [3.8, 4) is 0 Å². The fraction of sp³-hybridized carbons (Fsp3) is 0.923. The molecule has 6 heteroatoms. The molecule has 266 valence electrons. The molecule has 0 aliphatic heterocycles. The fourth-order valence-corrected chi connectivity index (χ4v) is 5.52. The van der Waals surface area contributed by atoms with E-state index in [4.69, 9.17) is 14.2 Å². The minimum absolute atomic E-state index is 0.0679. The second kappa shape index (κ2) is 32.4. The smallest absolute Gasteiger partial charge is 0.306 e. The highest BCUT2D eigenvalue weighted by atomic mass is 16.6. The molecular weight excluding hydrogens is 564 g/mol. The van der Waals surface area contributed by atoms with Crippen LogP contribution < -0.4 is 0 Å². The molecule has 0 amide bonds. The zero-order valence-corrected chi connectivity index (χ0v) is 30.5. The van der Waals surface area contributed by atoms with Crippen molar-refractivity contribution in [3.05, 3.63) is 0 Å². The van der Waals surface area contributed by atoms with Crippen LogP contribution in [0.4, 0.5) is 0 Å². The van der Waals surface area contributed by atoms with Crippen LogP contribution in [-0.4, -0.2) is 37.2 Å². The molecule has 0 bridgehead atoms. The SMILES string of the molecule is CCCCCCCC(=O)OC[C@@H](COC(=O)CCCCCCCCCCC(C)C)OC(=O)CCCCCCCCCCC(C)C. The Balaban J connectivity index is 4.29. The number of unbranched alkanes of at least 4 members (excludes halogenated alkanes) is 18. The molecule has 0 rings (SSSR count). The molecule has 6 nitrogen and oxygen atoms in total. The lowest BCUT2D eigenvalue weighted by Gasteiger charge is -2.18. The Labute approximate surface area is 278 Å². The van der Waals surface area contributed by atoms with Crippen LogP contribution in [-0.2, 0) is 28.6 Å². The summed E-state index contributed by atoms with van der Waals surface area (Å²) in [5, 5.41) is 0. The summed E-state index contributed by atoms with van der Waals surface area (Å²) in [6.45, 7) is 11.2. The normalized spacial score (nSPS) is 12.1. The van der Waals surface area contributed by atoms with Gasteiger partial charge in [-0.1, -0.05) is 163 Å². The molecule has 45 heavy (non-hydrogen) atoms. The lowest BCUT2D eigenvalue weighted by Crippen LogP contribution is -2.30. The number of carbonyl (C=O) groups is 3. The standard InChI is InChI=1S/C39H74O6/c1-6-7-8-17-24-29-37(40)43-32-36(45-39(42)31-26-21-16-12-10-14-19-23-28-35(4)5)33-44-38(41)30-25-20-15-11-9-13-18-22-27-34(2)3/h34-36H,6-33H2,1-5H3/t36-/m0/s1. The van der Waals surface area contributed by atoms with Gasteiger partial charge in [0.25, 0.3) is 0 Å². The van der Waals surface area contributed by atoms with E-state index in [1.807, 2.05) is 0 Å². The summed E-state index contributed by atoms with van der Waals surface area (Å²) < 4.78 is 16.5. The van der Waals surface area contributed by atoms with Crippen LogP contribution in [0.5, 0.6) is 0 Å². The van der Waals surface area contributed by atoms with Crippen molar-refractivity contribution in [1.29, 1.82) is 0 Å². The van der Waals surface area contributed by atoms with Gasteiger partial charge in [-0.15, -0.1) is 0 Å². The third-order valence-corrected chi connectivity index (χ3v) is 8.47. The van der Waals surface area contributed by atoms with E-state index in [0.717, 1.165) is 76.0 Å².